The number of carbonyl (C=O) groups excluding carboxylic acids is 1. The van der Waals surface area contributed by atoms with Crippen LogP contribution in [0.3, 0.4) is 0 Å². The second kappa shape index (κ2) is 10.8. The number of nitrogens with zero attached hydrogens (tertiary/aromatic N) is 2. The molecular weight excluding hydrogens is 292 g/mol. The zero-order valence-corrected chi connectivity index (χ0v) is 14.0. The van der Waals surface area contributed by atoms with Crippen LogP contribution in [0.1, 0.15) is 50.3 Å². The molecule has 0 radical (unpaired) electrons. The van der Waals surface area contributed by atoms with Crippen LogP contribution in [0.5, 0.6) is 0 Å². The fourth-order valence-corrected chi connectivity index (χ4v) is 2.48. The molecule has 1 N–H and O–H groups in total. The second-order valence-electron chi connectivity index (χ2n) is 5.54. The maximum atomic E-state index is 10.1. The third-order valence-electron chi connectivity index (χ3n) is 3.65. The standard InChI is InChI=1S/C14H18N2O.C4H8O2/c15-10-12-4-6-13(7-5-12)14(17)11-16-8-2-1-3-9-16;1-3-6-4(2)5/h4-7,14,17H,1-3,8-9,11H2;3H2,1-2H3. The number of β-amino-alcohol motifs (C(OH)–C–C–N with tert-alkyl or cyclic N) is 1. The average Bonchev–Trinajstić information content (AvgIpc) is 2.56. The quantitative estimate of drug-likeness (QED) is 0.864. The van der Waals surface area contributed by atoms with Crippen LogP contribution in [0.25, 0.3) is 0 Å². The Hall–Kier alpha value is -1.90. The maximum Gasteiger partial charge on any atom is 0.302 e. The second-order valence-corrected chi connectivity index (χ2v) is 5.54. The highest BCUT2D eigenvalue weighted by Crippen LogP contribution is 2.17. The largest absolute Gasteiger partial charge is 0.466 e. The number of rotatable bonds is 4. The Kier molecular flexibility index (Phi) is 8.96. The Morgan fingerprint density at radius 1 is 1.30 bits per heavy atom. The minimum atomic E-state index is -0.444. The molecular formula is C18H26N2O3. The molecule has 23 heavy (non-hydrogen) atoms. The third-order valence-corrected chi connectivity index (χ3v) is 3.65. The Labute approximate surface area is 138 Å². The number of aliphatic hydroxyl groups is 1. The lowest BCUT2D eigenvalue weighted by molar-refractivity contribution is -0.140. The highest BCUT2D eigenvalue weighted by molar-refractivity contribution is 5.65. The van der Waals surface area contributed by atoms with Crippen molar-refractivity contribution in [3.63, 3.8) is 0 Å². The summed E-state index contributed by atoms with van der Waals surface area (Å²) in [5, 5.41) is 18.8. The molecule has 1 aliphatic heterocycles. The molecule has 1 unspecified atom stereocenters. The van der Waals surface area contributed by atoms with E-state index in [4.69, 9.17) is 5.26 Å². The zero-order valence-electron chi connectivity index (χ0n) is 14.0. The van der Waals surface area contributed by atoms with Crippen molar-refractivity contribution in [3.05, 3.63) is 35.4 Å². The number of aliphatic hydroxyl groups excluding tert-OH is 1. The van der Waals surface area contributed by atoms with E-state index in [1.165, 1.54) is 26.2 Å². The highest BCUT2D eigenvalue weighted by atomic mass is 16.5. The Morgan fingerprint density at radius 2 is 1.91 bits per heavy atom. The van der Waals surface area contributed by atoms with Crippen LogP contribution in [0.4, 0.5) is 0 Å². The van der Waals surface area contributed by atoms with Crippen molar-refractivity contribution in [2.45, 2.75) is 39.2 Å². The van der Waals surface area contributed by atoms with Crippen molar-refractivity contribution in [3.8, 4) is 6.07 Å². The van der Waals surface area contributed by atoms with Crippen molar-refractivity contribution in [2.75, 3.05) is 26.2 Å². The number of piperidine rings is 1. The van der Waals surface area contributed by atoms with E-state index in [1.54, 1.807) is 19.1 Å². The van der Waals surface area contributed by atoms with Crippen LogP contribution in [0.15, 0.2) is 24.3 Å². The van der Waals surface area contributed by atoms with E-state index in [2.05, 4.69) is 15.7 Å². The smallest absolute Gasteiger partial charge is 0.302 e. The number of hydrogen-bond acceptors (Lipinski definition) is 5. The first-order chi connectivity index (χ1) is 11.1. The summed E-state index contributed by atoms with van der Waals surface area (Å²) in [5.74, 6) is -0.211. The van der Waals surface area contributed by atoms with E-state index in [9.17, 15) is 9.90 Å². The summed E-state index contributed by atoms with van der Waals surface area (Å²) in [4.78, 5) is 12.1. The van der Waals surface area contributed by atoms with Crippen molar-refractivity contribution in [2.24, 2.45) is 0 Å². The predicted octanol–water partition coefficient (Wildman–Crippen LogP) is 2.65. The van der Waals surface area contributed by atoms with Gasteiger partial charge in [0.25, 0.3) is 0 Å². The van der Waals surface area contributed by atoms with Gasteiger partial charge >= 0.3 is 5.97 Å². The lowest BCUT2D eigenvalue weighted by Crippen LogP contribution is -2.33. The van der Waals surface area contributed by atoms with Crippen molar-refractivity contribution in [1.82, 2.24) is 4.90 Å². The van der Waals surface area contributed by atoms with Gasteiger partial charge in [0.1, 0.15) is 0 Å². The molecule has 1 atom stereocenters. The first-order valence-electron chi connectivity index (χ1n) is 8.10. The molecule has 1 saturated heterocycles. The zero-order chi connectivity index (χ0) is 17.1. The Morgan fingerprint density at radius 3 is 2.35 bits per heavy atom. The lowest BCUT2D eigenvalue weighted by Gasteiger charge is -2.28. The van der Waals surface area contributed by atoms with E-state index in [1.807, 2.05) is 12.1 Å². The summed E-state index contributed by atoms with van der Waals surface area (Å²) in [6, 6.07) is 9.28. The van der Waals surface area contributed by atoms with E-state index in [0.717, 1.165) is 18.7 Å². The van der Waals surface area contributed by atoms with E-state index < -0.39 is 6.10 Å². The normalized spacial score (nSPS) is 15.7. The molecule has 0 aliphatic carbocycles. The number of likely N-dealkylation sites (tertiary alicyclic amines) is 1. The third kappa shape index (κ3) is 7.78. The minimum absolute atomic E-state index is 0.211. The molecule has 0 bridgehead atoms. The van der Waals surface area contributed by atoms with Gasteiger partial charge in [-0.25, -0.2) is 0 Å². The summed E-state index contributed by atoms with van der Waals surface area (Å²) in [7, 11) is 0. The minimum Gasteiger partial charge on any atom is -0.466 e. The fourth-order valence-electron chi connectivity index (χ4n) is 2.48. The number of hydrogen-bond donors (Lipinski definition) is 1. The number of nitriles is 1. The summed E-state index contributed by atoms with van der Waals surface area (Å²) in [6.45, 7) is 6.53. The van der Waals surface area contributed by atoms with Gasteiger partial charge in [-0.2, -0.15) is 5.26 Å². The molecule has 5 nitrogen and oxygen atoms in total. The summed E-state index contributed by atoms with van der Waals surface area (Å²) >= 11 is 0. The summed E-state index contributed by atoms with van der Waals surface area (Å²) < 4.78 is 4.40. The lowest BCUT2D eigenvalue weighted by atomic mass is 10.1. The van der Waals surface area contributed by atoms with Gasteiger partial charge in [0.2, 0.25) is 0 Å². The van der Waals surface area contributed by atoms with Crippen LogP contribution in [0.2, 0.25) is 0 Å². The van der Waals surface area contributed by atoms with Gasteiger partial charge in [-0.3, -0.25) is 4.79 Å². The van der Waals surface area contributed by atoms with Crippen LogP contribution >= 0.6 is 0 Å². The number of carbonyl (C=O) groups is 1. The highest BCUT2D eigenvalue weighted by Gasteiger charge is 2.15. The molecule has 0 amide bonds. The van der Waals surface area contributed by atoms with Gasteiger partial charge in [0.15, 0.2) is 0 Å². The molecule has 0 aromatic heterocycles. The van der Waals surface area contributed by atoms with Crippen LogP contribution in [0, 0.1) is 11.3 Å². The molecule has 1 aliphatic rings. The maximum absolute atomic E-state index is 10.1. The van der Waals surface area contributed by atoms with Gasteiger partial charge < -0.3 is 14.7 Å². The molecule has 1 fully saturated rings. The Balaban J connectivity index is 0.000000379. The number of benzene rings is 1. The molecule has 0 spiro atoms. The Bertz CT molecular complexity index is 502. The number of ether oxygens (including phenoxy) is 1. The molecule has 126 valence electrons. The summed E-state index contributed by atoms with van der Waals surface area (Å²) in [6.07, 6.45) is 3.34. The molecule has 1 heterocycles. The van der Waals surface area contributed by atoms with Gasteiger partial charge in [-0.1, -0.05) is 18.6 Å². The molecule has 2 rings (SSSR count). The topological polar surface area (TPSA) is 73.6 Å². The predicted molar refractivity (Wildman–Crippen MR) is 88.7 cm³/mol. The van der Waals surface area contributed by atoms with Crippen LogP contribution < -0.4 is 0 Å². The first-order valence-corrected chi connectivity index (χ1v) is 8.10. The van der Waals surface area contributed by atoms with Gasteiger partial charge in [0.05, 0.1) is 24.3 Å². The fraction of sp³-hybridized carbons (Fsp3) is 0.556. The van der Waals surface area contributed by atoms with Gasteiger partial charge in [0, 0.05) is 13.5 Å². The molecule has 0 saturated carbocycles. The molecule has 1 aromatic rings. The monoisotopic (exact) mass is 318 g/mol. The van der Waals surface area contributed by atoms with Crippen molar-refractivity contribution < 1.29 is 14.6 Å². The van der Waals surface area contributed by atoms with E-state index in [-0.39, 0.29) is 5.97 Å². The van der Waals surface area contributed by atoms with Crippen LogP contribution in [-0.2, 0) is 9.53 Å². The summed E-state index contributed by atoms with van der Waals surface area (Å²) in [5.41, 5.74) is 1.54. The molecule has 1 aromatic carbocycles. The van der Waals surface area contributed by atoms with E-state index in [0.29, 0.717) is 18.7 Å². The van der Waals surface area contributed by atoms with Crippen LogP contribution in [-0.4, -0.2) is 42.2 Å². The van der Waals surface area contributed by atoms with E-state index >= 15 is 0 Å². The number of esters is 1. The molecule has 5 heteroatoms. The van der Waals surface area contributed by atoms with Crippen molar-refractivity contribution >= 4 is 5.97 Å². The van der Waals surface area contributed by atoms with Gasteiger partial charge in [-0.15, -0.1) is 0 Å². The first kappa shape index (κ1) is 19.1. The average molecular weight is 318 g/mol. The SMILES string of the molecule is CCOC(C)=O.N#Cc1ccc(C(O)CN2CCCCC2)cc1. The van der Waals surface area contributed by atoms with Gasteiger partial charge in [-0.05, 0) is 50.6 Å². The van der Waals surface area contributed by atoms with Crippen molar-refractivity contribution in [1.29, 1.82) is 5.26 Å².